The van der Waals surface area contributed by atoms with Gasteiger partial charge in [-0.15, -0.1) is 0 Å². The molecule has 3 atom stereocenters. The lowest BCUT2D eigenvalue weighted by Crippen LogP contribution is -2.33. The predicted octanol–water partition coefficient (Wildman–Crippen LogP) is 5.02. The van der Waals surface area contributed by atoms with Crippen molar-refractivity contribution in [2.75, 3.05) is 13.7 Å². The van der Waals surface area contributed by atoms with Crippen molar-refractivity contribution in [1.82, 2.24) is 5.32 Å². The third-order valence-electron chi connectivity index (χ3n) is 4.98. The fraction of sp³-hybridized carbons (Fsp3) is 0.304. The Balaban J connectivity index is 1.75. The Kier molecular flexibility index (Phi) is 7.40. The zero-order valence-electron chi connectivity index (χ0n) is 16.7. The van der Waals surface area contributed by atoms with Crippen LogP contribution < -0.4 is 10.1 Å². The largest absolute Gasteiger partial charge is 0.497 e. The molecule has 0 saturated heterocycles. The minimum Gasteiger partial charge on any atom is -0.497 e. The molecule has 0 heterocycles. The van der Waals surface area contributed by atoms with E-state index in [1.165, 1.54) is 0 Å². The molecule has 1 aliphatic carbocycles. The molecule has 2 aromatic carbocycles. The van der Waals surface area contributed by atoms with Crippen molar-refractivity contribution in [3.63, 3.8) is 0 Å². The molecular formula is C23H23Cl2NO4. The quantitative estimate of drug-likeness (QED) is 0.477. The standard InChI is InChI=1S/C23H23Cl2NO4/c1-3-30-23(28)21(14-5-4-6-20(12-14)29-2)15-7-8-19(11-15)26-22(27)16-9-17(24)13-18(25)10-16/h4-10,12-13,15,19,21H,3,11H2,1-2H3,(H,26,27). The highest BCUT2D eigenvalue weighted by Gasteiger charge is 2.34. The van der Waals surface area contributed by atoms with Gasteiger partial charge >= 0.3 is 5.97 Å². The van der Waals surface area contributed by atoms with E-state index < -0.39 is 5.92 Å². The minimum absolute atomic E-state index is 0.121. The smallest absolute Gasteiger partial charge is 0.314 e. The number of carbonyl (C=O) groups is 2. The highest BCUT2D eigenvalue weighted by molar-refractivity contribution is 6.35. The molecule has 0 aromatic heterocycles. The molecule has 158 valence electrons. The van der Waals surface area contributed by atoms with Crippen molar-refractivity contribution >= 4 is 35.1 Å². The van der Waals surface area contributed by atoms with E-state index in [-0.39, 0.29) is 23.8 Å². The van der Waals surface area contributed by atoms with Crippen LogP contribution in [0, 0.1) is 5.92 Å². The number of carbonyl (C=O) groups excluding carboxylic acids is 2. The summed E-state index contributed by atoms with van der Waals surface area (Å²) in [5, 5.41) is 3.75. The lowest BCUT2D eigenvalue weighted by Gasteiger charge is -2.23. The topological polar surface area (TPSA) is 64.6 Å². The molecule has 0 radical (unpaired) electrons. The lowest BCUT2D eigenvalue weighted by molar-refractivity contribution is -0.146. The van der Waals surface area contributed by atoms with Crippen LogP contribution in [0.3, 0.4) is 0 Å². The van der Waals surface area contributed by atoms with Crippen LogP contribution in [-0.4, -0.2) is 31.6 Å². The Labute approximate surface area is 186 Å². The number of allylic oxidation sites excluding steroid dienone is 1. The van der Waals surface area contributed by atoms with Crippen molar-refractivity contribution in [1.29, 1.82) is 0 Å². The Hall–Kier alpha value is -2.50. The first-order valence-electron chi connectivity index (χ1n) is 9.67. The molecule has 7 heteroatoms. The lowest BCUT2D eigenvalue weighted by atomic mass is 9.85. The van der Waals surface area contributed by atoms with E-state index in [0.29, 0.717) is 34.4 Å². The molecule has 0 bridgehead atoms. The van der Waals surface area contributed by atoms with Crippen LogP contribution in [0.2, 0.25) is 10.0 Å². The van der Waals surface area contributed by atoms with Crippen molar-refractivity contribution in [3.8, 4) is 5.75 Å². The number of rotatable bonds is 7. The van der Waals surface area contributed by atoms with Crippen molar-refractivity contribution in [3.05, 3.63) is 75.8 Å². The fourth-order valence-corrected chi connectivity index (χ4v) is 4.17. The summed E-state index contributed by atoms with van der Waals surface area (Å²) in [5.41, 5.74) is 1.20. The van der Waals surface area contributed by atoms with Crippen LogP contribution in [0.1, 0.15) is 35.2 Å². The molecule has 0 aliphatic heterocycles. The highest BCUT2D eigenvalue weighted by atomic mass is 35.5. The fourth-order valence-electron chi connectivity index (χ4n) is 3.64. The molecule has 0 fully saturated rings. The molecule has 3 unspecified atom stereocenters. The van der Waals surface area contributed by atoms with Gasteiger partial charge in [-0.1, -0.05) is 47.5 Å². The molecule has 3 rings (SSSR count). The third kappa shape index (κ3) is 5.35. The maximum atomic E-state index is 12.7. The van der Waals surface area contributed by atoms with Crippen LogP contribution in [0.15, 0.2) is 54.6 Å². The van der Waals surface area contributed by atoms with Gasteiger partial charge in [0.15, 0.2) is 0 Å². The van der Waals surface area contributed by atoms with Gasteiger partial charge in [0.2, 0.25) is 0 Å². The van der Waals surface area contributed by atoms with Gasteiger partial charge in [0.25, 0.3) is 5.91 Å². The summed E-state index contributed by atoms with van der Waals surface area (Å²) in [6.45, 7) is 2.08. The number of hydrogen-bond acceptors (Lipinski definition) is 4. The van der Waals surface area contributed by atoms with Gasteiger partial charge in [-0.05, 0) is 55.2 Å². The number of esters is 1. The zero-order chi connectivity index (χ0) is 21.7. The number of amides is 1. The van der Waals surface area contributed by atoms with E-state index >= 15 is 0 Å². The van der Waals surface area contributed by atoms with Crippen LogP contribution in [0.4, 0.5) is 0 Å². The average Bonchev–Trinajstić information content (AvgIpc) is 3.15. The maximum Gasteiger partial charge on any atom is 0.314 e. The Morgan fingerprint density at radius 1 is 1.13 bits per heavy atom. The second kappa shape index (κ2) is 10.0. The predicted molar refractivity (Wildman–Crippen MR) is 117 cm³/mol. The van der Waals surface area contributed by atoms with Gasteiger partial charge in [-0.2, -0.15) is 0 Å². The van der Waals surface area contributed by atoms with Gasteiger partial charge in [-0.3, -0.25) is 9.59 Å². The van der Waals surface area contributed by atoms with Crippen LogP contribution in [0.5, 0.6) is 5.75 Å². The normalized spacial score (nSPS) is 18.7. The Morgan fingerprint density at radius 2 is 1.87 bits per heavy atom. The number of ether oxygens (including phenoxy) is 2. The van der Waals surface area contributed by atoms with E-state index in [2.05, 4.69) is 5.32 Å². The molecule has 30 heavy (non-hydrogen) atoms. The average molecular weight is 448 g/mol. The molecule has 0 spiro atoms. The van der Waals surface area contributed by atoms with Gasteiger partial charge in [0, 0.05) is 21.7 Å². The van der Waals surface area contributed by atoms with E-state index in [0.717, 1.165) is 5.56 Å². The van der Waals surface area contributed by atoms with Crippen LogP contribution in [-0.2, 0) is 9.53 Å². The molecule has 5 nitrogen and oxygen atoms in total. The Morgan fingerprint density at radius 3 is 2.53 bits per heavy atom. The monoisotopic (exact) mass is 447 g/mol. The van der Waals surface area contributed by atoms with Gasteiger partial charge in [0.05, 0.1) is 19.6 Å². The SMILES string of the molecule is CCOC(=O)C(c1cccc(OC)c1)C1C=CC(NC(=O)c2cc(Cl)cc(Cl)c2)C1. The summed E-state index contributed by atoms with van der Waals surface area (Å²) in [5.74, 6) is -0.507. The van der Waals surface area contributed by atoms with Crippen LogP contribution in [0.25, 0.3) is 0 Å². The molecule has 0 saturated carbocycles. The van der Waals surface area contributed by atoms with E-state index in [1.54, 1.807) is 32.2 Å². The molecular weight excluding hydrogens is 425 g/mol. The summed E-state index contributed by atoms with van der Waals surface area (Å²) in [6, 6.07) is 11.9. The van der Waals surface area contributed by atoms with Gasteiger partial charge in [0.1, 0.15) is 5.75 Å². The second-order valence-corrected chi connectivity index (χ2v) is 7.90. The van der Waals surface area contributed by atoms with E-state index in [9.17, 15) is 9.59 Å². The van der Waals surface area contributed by atoms with Crippen LogP contribution >= 0.6 is 23.2 Å². The number of nitrogens with one attached hydrogen (secondary N) is 1. The van der Waals surface area contributed by atoms with Crippen molar-refractivity contribution in [2.24, 2.45) is 5.92 Å². The first-order valence-corrected chi connectivity index (χ1v) is 10.4. The van der Waals surface area contributed by atoms with E-state index in [4.69, 9.17) is 32.7 Å². The first kappa shape index (κ1) is 22.2. The van der Waals surface area contributed by atoms with Gasteiger partial charge in [-0.25, -0.2) is 0 Å². The summed E-state index contributed by atoms with van der Waals surface area (Å²) in [7, 11) is 1.58. The van der Waals surface area contributed by atoms with Crippen molar-refractivity contribution < 1.29 is 19.1 Å². The molecule has 1 amide bonds. The second-order valence-electron chi connectivity index (χ2n) is 7.03. The summed E-state index contributed by atoms with van der Waals surface area (Å²) >= 11 is 12.0. The number of benzene rings is 2. The molecule has 2 aromatic rings. The summed E-state index contributed by atoms with van der Waals surface area (Å²) in [6.07, 6.45) is 4.43. The Bertz CT molecular complexity index is 940. The molecule has 1 N–H and O–H groups in total. The van der Waals surface area contributed by atoms with E-state index in [1.807, 2.05) is 36.4 Å². The first-order chi connectivity index (χ1) is 14.4. The number of hydrogen-bond donors (Lipinski definition) is 1. The minimum atomic E-state index is -0.487. The third-order valence-corrected chi connectivity index (χ3v) is 5.42. The maximum absolute atomic E-state index is 12.7. The summed E-state index contributed by atoms with van der Waals surface area (Å²) < 4.78 is 10.6. The molecule has 1 aliphatic rings. The number of halogens is 2. The van der Waals surface area contributed by atoms with Crippen molar-refractivity contribution in [2.45, 2.75) is 25.3 Å². The number of methoxy groups -OCH3 is 1. The summed E-state index contributed by atoms with van der Waals surface area (Å²) in [4.78, 5) is 25.3. The zero-order valence-corrected chi connectivity index (χ0v) is 18.2. The van der Waals surface area contributed by atoms with Gasteiger partial charge < -0.3 is 14.8 Å². The highest BCUT2D eigenvalue weighted by Crippen LogP contribution is 2.36.